The third-order valence-corrected chi connectivity index (χ3v) is 9.12. The minimum absolute atomic E-state index is 0.0814. The van der Waals surface area contributed by atoms with E-state index in [9.17, 15) is 27.7 Å². The van der Waals surface area contributed by atoms with Gasteiger partial charge in [0.05, 0.1) is 10.4 Å². The Morgan fingerprint density at radius 1 is 1.12 bits per heavy atom. The summed E-state index contributed by atoms with van der Waals surface area (Å²) in [5, 5.41) is 3.76. The molecule has 0 bridgehead atoms. The van der Waals surface area contributed by atoms with Crippen molar-refractivity contribution in [3.63, 3.8) is 0 Å². The number of hydrogen-bond acceptors (Lipinski definition) is 6. The van der Waals surface area contributed by atoms with Crippen LogP contribution in [0.4, 0.5) is 14.5 Å². The molecule has 2 aliphatic heterocycles. The van der Waals surface area contributed by atoms with Gasteiger partial charge in [-0.2, -0.15) is 8.78 Å². The van der Waals surface area contributed by atoms with Crippen LogP contribution in [-0.2, 0) is 24.8 Å². The lowest BCUT2D eigenvalue weighted by Gasteiger charge is -2.32. The number of alkyl halides is 2. The van der Waals surface area contributed by atoms with Gasteiger partial charge < -0.3 is 15.1 Å². The summed E-state index contributed by atoms with van der Waals surface area (Å²) in [7, 11) is 0.511. The van der Waals surface area contributed by atoms with Crippen LogP contribution in [0.1, 0.15) is 47.3 Å². The van der Waals surface area contributed by atoms with Crippen molar-refractivity contribution >= 4 is 65.1 Å². The molecular formula is C27H25ClF2N3O5PS. The molecule has 1 aromatic heterocycles. The van der Waals surface area contributed by atoms with Crippen molar-refractivity contribution < 1.29 is 32.3 Å². The quantitative estimate of drug-likeness (QED) is 0.326. The number of fused-ring (bicyclic) bond motifs is 2. The summed E-state index contributed by atoms with van der Waals surface area (Å²) in [5.74, 6) is -1.00. The Morgan fingerprint density at radius 3 is 2.60 bits per heavy atom. The van der Waals surface area contributed by atoms with Gasteiger partial charge in [-0.1, -0.05) is 11.6 Å². The average molecular weight is 608 g/mol. The van der Waals surface area contributed by atoms with E-state index in [1.54, 1.807) is 36.2 Å². The summed E-state index contributed by atoms with van der Waals surface area (Å²) in [6.07, 6.45) is -0.648. The van der Waals surface area contributed by atoms with E-state index in [1.807, 2.05) is 0 Å². The van der Waals surface area contributed by atoms with Gasteiger partial charge in [0.25, 0.3) is 5.91 Å². The predicted molar refractivity (Wildman–Crippen MR) is 148 cm³/mol. The van der Waals surface area contributed by atoms with Gasteiger partial charge in [0, 0.05) is 28.5 Å². The number of carbonyl (C=O) groups is 3. The Labute approximate surface area is 239 Å². The summed E-state index contributed by atoms with van der Waals surface area (Å²) in [4.78, 5) is 43.8. The van der Waals surface area contributed by atoms with Crippen molar-refractivity contribution in [1.82, 2.24) is 10.2 Å². The van der Waals surface area contributed by atoms with Crippen LogP contribution in [0.3, 0.4) is 0 Å². The van der Waals surface area contributed by atoms with E-state index in [2.05, 4.69) is 9.84 Å². The smallest absolute Gasteiger partial charge is 0.340 e. The SMILES string of the molecule is CN(C(=O)[C@@H]1CC[C@@H]2CCC[C@H](NC(=O)c3cc4cc(C(F)(F)OP=O)ccc4s3)C(=O)N21)c1ccc(Cl)cc1. The van der Waals surface area contributed by atoms with E-state index in [-0.39, 0.29) is 22.7 Å². The first kappa shape index (κ1) is 28.5. The molecule has 3 atom stereocenters. The molecule has 0 aliphatic carbocycles. The molecule has 0 radical (unpaired) electrons. The molecule has 0 unspecified atom stereocenters. The fraction of sp³-hybridized carbons (Fsp3) is 0.370. The summed E-state index contributed by atoms with van der Waals surface area (Å²) in [6.45, 7) is 0. The highest BCUT2D eigenvalue weighted by molar-refractivity contribution is 7.20. The van der Waals surface area contributed by atoms with Crippen molar-refractivity contribution in [2.75, 3.05) is 11.9 Å². The molecule has 1 N–H and O–H groups in total. The molecule has 3 heterocycles. The van der Waals surface area contributed by atoms with Crippen molar-refractivity contribution in [3.8, 4) is 0 Å². The zero-order chi connectivity index (χ0) is 28.6. The maximum Gasteiger partial charge on any atom is 0.393 e. The number of benzene rings is 2. The minimum atomic E-state index is -3.75. The Kier molecular flexibility index (Phi) is 8.20. The molecule has 8 nitrogen and oxygen atoms in total. The van der Waals surface area contributed by atoms with Crippen LogP contribution in [0.2, 0.25) is 5.02 Å². The van der Waals surface area contributed by atoms with E-state index in [0.29, 0.717) is 46.5 Å². The molecule has 0 spiro atoms. The number of nitrogens with one attached hydrogen (secondary N) is 1. The largest absolute Gasteiger partial charge is 0.393 e. The lowest BCUT2D eigenvalue weighted by molar-refractivity contribution is -0.178. The Balaban J connectivity index is 1.32. The summed E-state index contributed by atoms with van der Waals surface area (Å²) in [5.41, 5.74) is 0.168. The van der Waals surface area contributed by atoms with Crippen molar-refractivity contribution in [2.45, 2.75) is 56.3 Å². The third kappa shape index (κ3) is 5.61. The minimum Gasteiger partial charge on any atom is -0.340 e. The highest BCUT2D eigenvalue weighted by Gasteiger charge is 2.45. The highest BCUT2D eigenvalue weighted by atomic mass is 35.5. The van der Waals surface area contributed by atoms with Gasteiger partial charge in [-0.05, 0) is 86.0 Å². The number of nitrogens with zero attached hydrogens (tertiary/aromatic N) is 2. The first-order valence-corrected chi connectivity index (χ1v) is 14.6. The number of carbonyl (C=O) groups excluding carboxylic acids is 3. The van der Waals surface area contributed by atoms with Gasteiger partial charge >= 0.3 is 14.8 Å². The van der Waals surface area contributed by atoms with Gasteiger partial charge in [0.2, 0.25) is 11.8 Å². The lowest BCUT2D eigenvalue weighted by Crippen LogP contribution is -2.54. The summed E-state index contributed by atoms with van der Waals surface area (Å²) < 4.78 is 43.1. The van der Waals surface area contributed by atoms with E-state index in [4.69, 9.17) is 11.6 Å². The average Bonchev–Trinajstić information content (AvgIpc) is 3.52. The molecule has 13 heteroatoms. The number of likely N-dealkylation sites (N-methyl/N-ethyl adjacent to an activating group) is 1. The molecule has 2 fully saturated rings. The molecule has 2 aromatic carbocycles. The normalized spacial score (nSPS) is 21.4. The second-order valence-corrected chi connectivity index (χ2v) is 11.7. The summed E-state index contributed by atoms with van der Waals surface area (Å²) in [6, 6.07) is 10.6. The fourth-order valence-electron chi connectivity index (χ4n) is 5.42. The molecule has 3 aromatic rings. The predicted octanol–water partition coefficient (Wildman–Crippen LogP) is 6.13. The Morgan fingerprint density at radius 2 is 1.88 bits per heavy atom. The zero-order valence-electron chi connectivity index (χ0n) is 21.3. The van der Waals surface area contributed by atoms with Crippen molar-refractivity contribution in [2.24, 2.45) is 0 Å². The standard InChI is InChI=1S/C27H25ClF2N3O5PS/c1-32(18-8-6-17(28)7-9-18)26(36)21-11-10-19-3-2-4-20(25(35)33(19)21)31-24(34)23-14-15-13-16(5-12-22(15)40-23)27(29,30)38-39-37/h5-9,12-14,19-21H,2-4,10-11H2,1H3,(H,31,34)/t19-,20-,21-/m0/s1. The van der Waals surface area contributed by atoms with Crippen LogP contribution in [0.5, 0.6) is 0 Å². The highest BCUT2D eigenvalue weighted by Crippen LogP contribution is 2.37. The van der Waals surface area contributed by atoms with Gasteiger partial charge in [0.15, 0.2) is 0 Å². The second-order valence-electron chi connectivity index (χ2n) is 9.87. The second kappa shape index (κ2) is 11.5. The van der Waals surface area contributed by atoms with Gasteiger partial charge in [0.1, 0.15) is 12.1 Å². The maximum absolute atomic E-state index is 14.0. The topological polar surface area (TPSA) is 96.0 Å². The van der Waals surface area contributed by atoms with Crippen molar-refractivity contribution in [1.29, 1.82) is 0 Å². The Bertz CT molecular complexity index is 1470. The van der Waals surface area contributed by atoms with E-state index in [0.717, 1.165) is 23.8 Å². The van der Waals surface area contributed by atoms with Crippen LogP contribution >= 0.6 is 31.6 Å². The van der Waals surface area contributed by atoms with Gasteiger partial charge in [-0.3, -0.25) is 14.4 Å². The van der Waals surface area contributed by atoms with E-state index in [1.165, 1.54) is 23.1 Å². The molecular weight excluding hydrogens is 583 g/mol. The molecule has 5 rings (SSSR count). The number of halogens is 3. The number of hydrogen-bond donors (Lipinski definition) is 1. The first-order valence-electron chi connectivity index (χ1n) is 12.7. The van der Waals surface area contributed by atoms with E-state index >= 15 is 0 Å². The number of thiophene rings is 1. The van der Waals surface area contributed by atoms with Crippen LogP contribution in [0, 0.1) is 0 Å². The molecule has 40 heavy (non-hydrogen) atoms. The van der Waals surface area contributed by atoms with Crippen LogP contribution in [-0.4, -0.2) is 47.8 Å². The van der Waals surface area contributed by atoms with Crippen molar-refractivity contribution in [3.05, 3.63) is 64.0 Å². The third-order valence-electron chi connectivity index (χ3n) is 7.45. The van der Waals surface area contributed by atoms with Gasteiger partial charge in [-0.25, -0.2) is 9.09 Å². The van der Waals surface area contributed by atoms with Crippen LogP contribution in [0.25, 0.3) is 10.1 Å². The fourth-order valence-corrected chi connectivity index (χ4v) is 6.69. The van der Waals surface area contributed by atoms with Crippen LogP contribution in [0.15, 0.2) is 48.5 Å². The first-order chi connectivity index (χ1) is 19.1. The number of rotatable bonds is 7. The molecule has 2 saturated heterocycles. The zero-order valence-corrected chi connectivity index (χ0v) is 23.8. The Hall–Kier alpha value is -2.98. The molecule has 3 amide bonds. The monoisotopic (exact) mass is 607 g/mol. The lowest BCUT2D eigenvalue weighted by atomic mass is 10.1. The number of amides is 3. The number of anilines is 1. The van der Waals surface area contributed by atoms with Crippen LogP contribution < -0.4 is 10.2 Å². The molecule has 210 valence electrons. The maximum atomic E-state index is 14.0. The van der Waals surface area contributed by atoms with Gasteiger partial charge in [-0.15, -0.1) is 11.3 Å². The summed E-state index contributed by atoms with van der Waals surface area (Å²) >= 11 is 7.08. The molecule has 2 aliphatic rings. The van der Waals surface area contributed by atoms with E-state index < -0.39 is 38.3 Å². The molecule has 0 saturated carbocycles.